The van der Waals surface area contributed by atoms with E-state index in [1.54, 1.807) is 6.07 Å². The first-order valence-corrected chi connectivity index (χ1v) is 6.65. The average molecular weight is 266 g/mol. The third-order valence-electron chi connectivity index (χ3n) is 3.82. The fourth-order valence-corrected chi connectivity index (χ4v) is 2.26. The number of anilines is 1. The van der Waals surface area contributed by atoms with Crippen molar-refractivity contribution in [2.75, 3.05) is 32.0 Å². The van der Waals surface area contributed by atoms with E-state index in [0.717, 1.165) is 31.6 Å². The number of rotatable bonds is 4. The van der Waals surface area contributed by atoms with Crippen LogP contribution in [0.2, 0.25) is 0 Å². The molecule has 0 atom stereocenters. The maximum absolute atomic E-state index is 11.9. The van der Waals surface area contributed by atoms with Gasteiger partial charge in [0.15, 0.2) is 0 Å². The van der Waals surface area contributed by atoms with Crippen LogP contribution in [0.15, 0.2) is 10.6 Å². The Bertz CT molecular complexity index is 436. The highest BCUT2D eigenvalue weighted by molar-refractivity contribution is 5.90. The number of piperidine rings is 1. The van der Waals surface area contributed by atoms with Crippen molar-refractivity contribution in [1.82, 2.24) is 15.4 Å². The van der Waals surface area contributed by atoms with E-state index in [2.05, 4.69) is 27.6 Å². The molecule has 1 aliphatic heterocycles. The predicted molar refractivity (Wildman–Crippen MR) is 73.0 cm³/mol. The van der Waals surface area contributed by atoms with E-state index in [9.17, 15) is 4.79 Å². The van der Waals surface area contributed by atoms with Gasteiger partial charge in [-0.1, -0.05) is 5.16 Å². The van der Waals surface area contributed by atoms with Gasteiger partial charge in [-0.3, -0.25) is 15.0 Å². The number of hydrogen-bond donors (Lipinski definition) is 2. The van der Waals surface area contributed by atoms with Crippen LogP contribution in [-0.4, -0.2) is 48.2 Å². The Morgan fingerprint density at radius 2 is 2.21 bits per heavy atom. The van der Waals surface area contributed by atoms with Gasteiger partial charge in [0.2, 0.25) is 11.8 Å². The molecule has 6 heteroatoms. The maximum Gasteiger partial charge on any atom is 0.240 e. The summed E-state index contributed by atoms with van der Waals surface area (Å²) in [4.78, 5) is 14.0. The standard InChI is InChI=1S/C13H22N4O2/c1-10-8-12(19-16-10)15-11(18)9-17-6-4-13(2,14-3)5-7-17/h8,14H,4-7,9H2,1-3H3,(H,15,18). The lowest BCUT2D eigenvalue weighted by molar-refractivity contribution is -0.117. The van der Waals surface area contributed by atoms with E-state index in [0.29, 0.717) is 12.4 Å². The van der Waals surface area contributed by atoms with E-state index < -0.39 is 0 Å². The minimum atomic E-state index is -0.0517. The minimum absolute atomic E-state index is 0.0517. The van der Waals surface area contributed by atoms with Gasteiger partial charge in [0, 0.05) is 24.7 Å². The Kier molecular flexibility index (Phi) is 4.21. The SMILES string of the molecule is CNC1(C)CCN(CC(=O)Nc2cc(C)no2)CC1. The number of nitrogens with one attached hydrogen (secondary N) is 2. The summed E-state index contributed by atoms with van der Waals surface area (Å²) in [6.45, 7) is 6.31. The van der Waals surface area contributed by atoms with Crippen LogP contribution in [0.1, 0.15) is 25.5 Å². The molecular weight excluding hydrogens is 244 g/mol. The molecule has 0 saturated carbocycles. The third-order valence-corrected chi connectivity index (χ3v) is 3.82. The molecule has 106 valence electrons. The maximum atomic E-state index is 11.9. The summed E-state index contributed by atoms with van der Waals surface area (Å²) in [5, 5.41) is 9.80. The number of amides is 1. The van der Waals surface area contributed by atoms with E-state index in [1.807, 2.05) is 14.0 Å². The van der Waals surface area contributed by atoms with Crippen LogP contribution in [0.25, 0.3) is 0 Å². The molecule has 2 N–H and O–H groups in total. The average Bonchev–Trinajstić information content (AvgIpc) is 2.78. The monoisotopic (exact) mass is 266 g/mol. The van der Waals surface area contributed by atoms with E-state index in [-0.39, 0.29) is 11.4 Å². The van der Waals surface area contributed by atoms with Gasteiger partial charge in [-0.15, -0.1) is 0 Å². The smallest absolute Gasteiger partial charge is 0.240 e. The molecule has 0 aromatic carbocycles. The number of nitrogens with zero attached hydrogens (tertiary/aromatic N) is 2. The highest BCUT2D eigenvalue weighted by Crippen LogP contribution is 2.20. The molecule has 6 nitrogen and oxygen atoms in total. The summed E-state index contributed by atoms with van der Waals surface area (Å²) in [6, 6.07) is 1.71. The summed E-state index contributed by atoms with van der Waals surface area (Å²) in [5.41, 5.74) is 0.965. The second-order valence-electron chi connectivity index (χ2n) is 5.47. The number of likely N-dealkylation sites (tertiary alicyclic amines) is 1. The summed E-state index contributed by atoms with van der Waals surface area (Å²) in [7, 11) is 1.99. The first-order chi connectivity index (χ1) is 9.00. The molecule has 2 heterocycles. The van der Waals surface area contributed by atoms with Crippen molar-refractivity contribution in [3.63, 3.8) is 0 Å². The predicted octanol–water partition coefficient (Wildman–Crippen LogP) is 0.995. The van der Waals surface area contributed by atoms with Crippen molar-refractivity contribution in [2.45, 2.75) is 32.2 Å². The lowest BCUT2D eigenvalue weighted by Crippen LogP contribution is -2.51. The normalized spacial score (nSPS) is 19.3. The van der Waals surface area contributed by atoms with Gasteiger partial charge in [-0.2, -0.15) is 0 Å². The lowest BCUT2D eigenvalue weighted by Gasteiger charge is -2.38. The highest BCUT2D eigenvalue weighted by atomic mass is 16.5. The first kappa shape index (κ1) is 14.0. The summed E-state index contributed by atoms with van der Waals surface area (Å²) in [5.74, 6) is 0.365. The largest absolute Gasteiger partial charge is 0.338 e. The zero-order valence-corrected chi connectivity index (χ0v) is 11.8. The summed E-state index contributed by atoms with van der Waals surface area (Å²) in [6.07, 6.45) is 2.11. The molecule has 19 heavy (non-hydrogen) atoms. The molecule has 1 saturated heterocycles. The van der Waals surface area contributed by atoms with E-state index in [1.165, 1.54) is 0 Å². The molecule has 1 aromatic heterocycles. The molecule has 1 aliphatic rings. The number of aromatic nitrogens is 1. The fourth-order valence-electron chi connectivity index (χ4n) is 2.26. The molecule has 0 aliphatic carbocycles. The molecule has 1 amide bonds. The Balaban J connectivity index is 1.78. The van der Waals surface area contributed by atoms with Gasteiger partial charge in [-0.05, 0) is 33.7 Å². The molecular formula is C13H22N4O2. The molecule has 0 bridgehead atoms. The van der Waals surface area contributed by atoms with Gasteiger partial charge in [0.1, 0.15) is 0 Å². The van der Waals surface area contributed by atoms with Gasteiger partial charge < -0.3 is 9.84 Å². The van der Waals surface area contributed by atoms with Crippen molar-refractivity contribution in [3.05, 3.63) is 11.8 Å². The summed E-state index contributed by atoms with van der Waals surface area (Å²) < 4.78 is 4.96. The van der Waals surface area contributed by atoms with Gasteiger partial charge in [-0.25, -0.2) is 0 Å². The lowest BCUT2D eigenvalue weighted by atomic mass is 9.90. The van der Waals surface area contributed by atoms with Gasteiger partial charge in [0.25, 0.3) is 0 Å². The van der Waals surface area contributed by atoms with Crippen LogP contribution >= 0.6 is 0 Å². The molecule has 1 aromatic rings. The highest BCUT2D eigenvalue weighted by Gasteiger charge is 2.28. The molecule has 0 unspecified atom stereocenters. The van der Waals surface area contributed by atoms with Crippen LogP contribution in [0.3, 0.4) is 0 Å². The molecule has 1 fully saturated rings. The number of carbonyl (C=O) groups is 1. The topological polar surface area (TPSA) is 70.4 Å². The third kappa shape index (κ3) is 3.78. The van der Waals surface area contributed by atoms with Crippen molar-refractivity contribution >= 4 is 11.8 Å². The zero-order chi connectivity index (χ0) is 13.9. The fraction of sp³-hybridized carbons (Fsp3) is 0.692. The van der Waals surface area contributed by atoms with Crippen LogP contribution in [0.5, 0.6) is 0 Å². The van der Waals surface area contributed by atoms with E-state index in [4.69, 9.17) is 4.52 Å². The van der Waals surface area contributed by atoms with Crippen molar-refractivity contribution < 1.29 is 9.32 Å². The van der Waals surface area contributed by atoms with Crippen molar-refractivity contribution in [2.24, 2.45) is 0 Å². The Hall–Kier alpha value is -1.40. The van der Waals surface area contributed by atoms with Crippen LogP contribution < -0.4 is 10.6 Å². The summed E-state index contributed by atoms with van der Waals surface area (Å²) >= 11 is 0. The number of hydrogen-bond acceptors (Lipinski definition) is 5. The second-order valence-corrected chi connectivity index (χ2v) is 5.47. The number of aryl methyl sites for hydroxylation is 1. The zero-order valence-electron chi connectivity index (χ0n) is 11.8. The van der Waals surface area contributed by atoms with Gasteiger partial charge in [0.05, 0.1) is 12.2 Å². The number of carbonyl (C=O) groups excluding carboxylic acids is 1. The Labute approximate surface area is 113 Å². The molecule has 2 rings (SSSR count). The van der Waals surface area contributed by atoms with Gasteiger partial charge >= 0.3 is 0 Å². The second kappa shape index (κ2) is 5.71. The van der Waals surface area contributed by atoms with Crippen LogP contribution in [0, 0.1) is 6.92 Å². The van der Waals surface area contributed by atoms with E-state index >= 15 is 0 Å². The van der Waals surface area contributed by atoms with Crippen LogP contribution in [0.4, 0.5) is 5.88 Å². The Morgan fingerprint density at radius 3 is 2.74 bits per heavy atom. The quantitative estimate of drug-likeness (QED) is 0.850. The minimum Gasteiger partial charge on any atom is -0.338 e. The van der Waals surface area contributed by atoms with Crippen molar-refractivity contribution in [1.29, 1.82) is 0 Å². The molecule has 0 spiro atoms. The van der Waals surface area contributed by atoms with Crippen LogP contribution in [-0.2, 0) is 4.79 Å². The molecule has 0 radical (unpaired) electrons. The first-order valence-electron chi connectivity index (χ1n) is 6.65. The van der Waals surface area contributed by atoms with Crippen molar-refractivity contribution in [3.8, 4) is 0 Å². The Morgan fingerprint density at radius 1 is 1.53 bits per heavy atom.